The van der Waals surface area contributed by atoms with Crippen molar-refractivity contribution in [3.8, 4) is 11.5 Å². The second-order valence-electron chi connectivity index (χ2n) is 5.18. The number of aromatic amines is 1. The Morgan fingerprint density at radius 2 is 1.96 bits per heavy atom. The summed E-state index contributed by atoms with van der Waals surface area (Å²) >= 11 is 3.45. The molecule has 0 aliphatic heterocycles. The quantitative estimate of drug-likeness (QED) is 0.504. The lowest BCUT2D eigenvalue weighted by Gasteiger charge is -2.10. The van der Waals surface area contributed by atoms with Crippen molar-refractivity contribution in [2.45, 2.75) is 0 Å². The number of benzene rings is 2. The number of carbonyl (C=O) groups excluding carboxylic acids is 1. The standard InChI is InChI=1S/C19H16BrNO3/c1-23-18-10-12(9-15(20)19(18)24-2)7-8-17(22)14-11-21-16-6-4-3-5-13(14)16/h3-11,21H,1-2H3/b8-7+. The number of nitrogens with one attached hydrogen (secondary N) is 1. The van der Waals surface area contributed by atoms with Gasteiger partial charge in [0.05, 0.1) is 18.7 Å². The van der Waals surface area contributed by atoms with Crippen molar-refractivity contribution < 1.29 is 14.3 Å². The molecule has 5 heteroatoms. The maximum atomic E-state index is 12.5. The maximum Gasteiger partial charge on any atom is 0.187 e. The third-order valence-electron chi connectivity index (χ3n) is 3.74. The van der Waals surface area contributed by atoms with Gasteiger partial charge in [-0.25, -0.2) is 0 Å². The summed E-state index contributed by atoms with van der Waals surface area (Å²) < 4.78 is 11.4. The topological polar surface area (TPSA) is 51.3 Å². The van der Waals surface area contributed by atoms with Gasteiger partial charge in [-0.1, -0.05) is 24.3 Å². The Hall–Kier alpha value is -2.53. The van der Waals surface area contributed by atoms with E-state index in [-0.39, 0.29) is 5.78 Å². The van der Waals surface area contributed by atoms with E-state index in [0.29, 0.717) is 17.1 Å². The van der Waals surface area contributed by atoms with Crippen LogP contribution in [-0.4, -0.2) is 25.0 Å². The van der Waals surface area contributed by atoms with Crippen LogP contribution in [0, 0.1) is 0 Å². The molecule has 0 amide bonds. The van der Waals surface area contributed by atoms with Crippen LogP contribution < -0.4 is 9.47 Å². The molecule has 0 aliphatic carbocycles. The summed E-state index contributed by atoms with van der Waals surface area (Å²) in [6.07, 6.45) is 5.06. The SMILES string of the molecule is COc1cc(/C=C/C(=O)c2c[nH]c3ccccc23)cc(Br)c1OC. The minimum atomic E-state index is -0.0571. The summed E-state index contributed by atoms with van der Waals surface area (Å²) in [5.74, 6) is 1.17. The number of aromatic nitrogens is 1. The van der Waals surface area contributed by atoms with E-state index in [4.69, 9.17) is 9.47 Å². The molecular weight excluding hydrogens is 370 g/mol. The third kappa shape index (κ3) is 3.08. The number of ketones is 1. The number of fused-ring (bicyclic) bond motifs is 1. The molecule has 4 nitrogen and oxygen atoms in total. The molecule has 0 fully saturated rings. The van der Waals surface area contributed by atoms with Gasteiger partial charge < -0.3 is 14.5 Å². The number of carbonyl (C=O) groups is 1. The highest BCUT2D eigenvalue weighted by atomic mass is 79.9. The van der Waals surface area contributed by atoms with Crippen LogP contribution in [0.5, 0.6) is 11.5 Å². The molecule has 0 radical (unpaired) electrons. The maximum absolute atomic E-state index is 12.5. The van der Waals surface area contributed by atoms with Crippen LogP contribution in [0.3, 0.4) is 0 Å². The van der Waals surface area contributed by atoms with Gasteiger partial charge in [-0.15, -0.1) is 0 Å². The van der Waals surface area contributed by atoms with Gasteiger partial charge in [-0.2, -0.15) is 0 Å². The fraction of sp³-hybridized carbons (Fsp3) is 0.105. The Morgan fingerprint density at radius 1 is 1.17 bits per heavy atom. The first-order valence-electron chi connectivity index (χ1n) is 7.34. The predicted molar refractivity (Wildman–Crippen MR) is 98.9 cm³/mol. The Balaban J connectivity index is 1.90. The molecule has 0 unspecified atom stereocenters. The number of hydrogen-bond donors (Lipinski definition) is 1. The number of methoxy groups -OCH3 is 2. The molecular formula is C19H16BrNO3. The lowest BCUT2D eigenvalue weighted by Crippen LogP contribution is -1.94. The van der Waals surface area contributed by atoms with Crippen molar-refractivity contribution in [2.75, 3.05) is 14.2 Å². The van der Waals surface area contributed by atoms with Crippen molar-refractivity contribution in [2.24, 2.45) is 0 Å². The monoisotopic (exact) mass is 385 g/mol. The first-order chi connectivity index (χ1) is 11.6. The number of ether oxygens (including phenoxy) is 2. The number of H-pyrrole nitrogens is 1. The Labute approximate surface area is 148 Å². The molecule has 0 saturated carbocycles. The molecule has 0 bridgehead atoms. The van der Waals surface area contributed by atoms with Crippen molar-refractivity contribution in [3.63, 3.8) is 0 Å². The van der Waals surface area contributed by atoms with Gasteiger partial charge in [0.15, 0.2) is 17.3 Å². The zero-order chi connectivity index (χ0) is 17.1. The molecule has 1 heterocycles. The van der Waals surface area contributed by atoms with Crippen LogP contribution in [-0.2, 0) is 0 Å². The molecule has 0 atom stereocenters. The van der Waals surface area contributed by atoms with Gasteiger partial charge in [-0.3, -0.25) is 4.79 Å². The van der Waals surface area contributed by atoms with E-state index >= 15 is 0 Å². The average molecular weight is 386 g/mol. The highest BCUT2D eigenvalue weighted by Gasteiger charge is 2.11. The summed E-state index contributed by atoms with van der Waals surface area (Å²) in [6, 6.07) is 11.4. The predicted octanol–water partition coefficient (Wildman–Crippen LogP) is 4.84. The van der Waals surface area contributed by atoms with Crippen LogP contribution in [0.2, 0.25) is 0 Å². The van der Waals surface area contributed by atoms with Crippen LogP contribution in [0.1, 0.15) is 15.9 Å². The molecule has 0 saturated heterocycles. The largest absolute Gasteiger partial charge is 0.493 e. The molecule has 122 valence electrons. The van der Waals surface area contributed by atoms with E-state index in [1.807, 2.05) is 36.4 Å². The van der Waals surface area contributed by atoms with Gasteiger partial charge in [-0.05, 0) is 45.8 Å². The van der Waals surface area contributed by atoms with E-state index in [1.54, 1.807) is 32.6 Å². The van der Waals surface area contributed by atoms with Gasteiger partial charge in [0, 0.05) is 22.7 Å². The number of para-hydroxylation sites is 1. The third-order valence-corrected chi connectivity index (χ3v) is 4.33. The van der Waals surface area contributed by atoms with Gasteiger partial charge in [0.1, 0.15) is 0 Å². The van der Waals surface area contributed by atoms with E-state index < -0.39 is 0 Å². The molecule has 2 aromatic carbocycles. The first-order valence-corrected chi connectivity index (χ1v) is 8.13. The smallest absolute Gasteiger partial charge is 0.187 e. The van der Waals surface area contributed by atoms with Crippen LogP contribution >= 0.6 is 15.9 Å². The first kappa shape index (κ1) is 16.3. The fourth-order valence-corrected chi connectivity index (χ4v) is 3.19. The van der Waals surface area contributed by atoms with Gasteiger partial charge in [0.2, 0.25) is 0 Å². The summed E-state index contributed by atoms with van der Waals surface area (Å²) in [6.45, 7) is 0. The van der Waals surface area contributed by atoms with Crippen molar-refractivity contribution >= 4 is 38.7 Å². The minimum absolute atomic E-state index is 0.0571. The second kappa shape index (κ2) is 6.93. The number of hydrogen-bond acceptors (Lipinski definition) is 3. The van der Waals surface area contributed by atoms with Crippen LogP contribution in [0.15, 0.2) is 53.1 Å². The van der Waals surface area contributed by atoms with Crippen LogP contribution in [0.4, 0.5) is 0 Å². The summed E-state index contributed by atoms with van der Waals surface area (Å²) in [5, 5.41) is 0.917. The molecule has 24 heavy (non-hydrogen) atoms. The highest BCUT2D eigenvalue weighted by molar-refractivity contribution is 9.10. The number of halogens is 1. The second-order valence-corrected chi connectivity index (χ2v) is 6.04. The zero-order valence-electron chi connectivity index (χ0n) is 13.3. The van der Waals surface area contributed by atoms with E-state index in [1.165, 1.54) is 0 Å². The molecule has 0 spiro atoms. The highest BCUT2D eigenvalue weighted by Crippen LogP contribution is 2.36. The van der Waals surface area contributed by atoms with Gasteiger partial charge in [0.25, 0.3) is 0 Å². The van der Waals surface area contributed by atoms with E-state index in [9.17, 15) is 4.79 Å². The molecule has 1 aromatic heterocycles. The molecule has 0 aliphatic rings. The van der Waals surface area contributed by atoms with Crippen LogP contribution in [0.25, 0.3) is 17.0 Å². The summed E-state index contributed by atoms with van der Waals surface area (Å²) in [7, 11) is 3.16. The molecule has 1 N–H and O–H groups in total. The Bertz CT molecular complexity index is 928. The fourth-order valence-electron chi connectivity index (χ4n) is 2.57. The van der Waals surface area contributed by atoms with Crippen molar-refractivity contribution in [3.05, 3.63) is 64.3 Å². The Kier molecular flexibility index (Phi) is 4.71. The van der Waals surface area contributed by atoms with Crippen molar-refractivity contribution in [1.29, 1.82) is 0 Å². The summed E-state index contributed by atoms with van der Waals surface area (Å²) in [5.41, 5.74) is 2.44. The van der Waals surface area contributed by atoms with Crippen molar-refractivity contribution in [1.82, 2.24) is 4.98 Å². The lowest BCUT2D eigenvalue weighted by molar-refractivity contribution is 0.104. The van der Waals surface area contributed by atoms with E-state index in [0.717, 1.165) is 20.9 Å². The summed E-state index contributed by atoms with van der Waals surface area (Å²) in [4.78, 5) is 15.6. The molecule has 3 rings (SSSR count). The molecule has 3 aromatic rings. The zero-order valence-corrected chi connectivity index (χ0v) is 14.9. The number of rotatable bonds is 5. The Morgan fingerprint density at radius 3 is 2.71 bits per heavy atom. The normalized spacial score (nSPS) is 11.1. The lowest BCUT2D eigenvalue weighted by atomic mass is 10.1. The number of allylic oxidation sites excluding steroid dienone is 1. The average Bonchev–Trinajstić information content (AvgIpc) is 3.03. The van der Waals surface area contributed by atoms with Gasteiger partial charge >= 0.3 is 0 Å². The van der Waals surface area contributed by atoms with E-state index in [2.05, 4.69) is 20.9 Å². The minimum Gasteiger partial charge on any atom is -0.493 e.